The number of phenols is 3. The van der Waals surface area contributed by atoms with Crippen LogP contribution >= 0.6 is 0 Å². The number of aryl methyl sites for hydroxylation is 1. The van der Waals surface area contributed by atoms with Crippen molar-refractivity contribution in [1.82, 2.24) is 10.3 Å². The minimum absolute atomic E-state index is 0.182. The lowest BCUT2D eigenvalue weighted by Gasteiger charge is -2.13. The number of pyridine rings is 1. The van der Waals surface area contributed by atoms with Crippen LogP contribution in [0.15, 0.2) is 30.3 Å². The van der Waals surface area contributed by atoms with Gasteiger partial charge in [-0.3, -0.25) is 9.59 Å². The van der Waals surface area contributed by atoms with Gasteiger partial charge in [-0.05, 0) is 25.1 Å². The van der Waals surface area contributed by atoms with Crippen LogP contribution in [0.25, 0.3) is 10.8 Å². The fraction of sp³-hybridized carbons (Fsp3) is 0.105. The first-order valence-corrected chi connectivity index (χ1v) is 8.23. The topological polar surface area (TPSA) is 169 Å². The number of aromatic nitrogens is 1. The summed E-state index contributed by atoms with van der Waals surface area (Å²) in [6.45, 7) is 0.957. The Bertz CT molecular complexity index is 1120. The summed E-state index contributed by atoms with van der Waals surface area (Å²) in [6, 6.07) is 6.33. The Hall–Kier alpha value is -4.21. The Morgan fingerprint density at radius 2 is 1.69 bits per heavy atom. The van der Waals surface area contributed by atoms with E-state index in [2.05, 4.69) is 10.3 Å². The lowest BCUT2D eigenvalue weighted by atomic mass is 10.1. The van der Waals surface area contributed by atoms with Crippen LogP contribution in [-0.4, -0.2) is 48.9 Å². The van der Waals surface area contributed by atoms with Gasteiger partial charge in [-0.15, -0.1) is 0 Å². The molecule has 6 N–H and O–H groups in total. The quantitative estimate of drug-likeness (QED) is 0.375. The predicted molar refractivity (Wildman–Crippen MR) is 99.6 cm³/mol. The lowest BCUT2D eigenvalue weighted by Crippen LogP contribution is -2.30. The van der Waals surface area contributed by atoms with Gasteiger partial charge in [0.25, 0.3) is 5.91 Å². The maximum atomic E-state index is 12.1. The number of nitrogens with one attached hydrogen (secondary N) is 1. The molecule has 3 aromatic rings. The highest BCUT2D eigenvalue weighted by Crippen LogP contribution is 2.42. The molecule has 2 aromatic carbocycles. The van der Waals surface area contributed by atoms with E-state index >= 15 is 0 Å². The highest BCUT2D eigenvalue weighted by atomic mass is 16.5. The third-order valence-electron chi connectivity index (χ3n) is 4.01. The zero-order valence-corrected chi connectivity index (χ0v) is 15.0. The summed E-state index contributed by atoms with van der Waals surface area (Å²) in [4.78, 5) is 26.7. The fourth-order valence-corrected chi connectivity index (χ4v) is 2.71. The van der Waals surface area contributed by atoms with E-state index in [1.165, 1.54) is 18.2 Å². The number of carboxylic acid groups (broad SMARTS) is 1. The third-order valence-corrected chi connectivity index (χ3v) is 4.01. The maximum absolute atomic E-state index is 12.1. The van der Waals surface area contributed by atoms with E-state index in [-0.39, 0.29) is 28.3 Å². The predicted octanol–water partition coefficient (Wildman–Crippen LogP) is 1.97. The first-order chi connectivity index (χ1) is 13.7. The Morgan fingerprint density at radius 3 is 2.31 bits per heavy atom. The summed E-state index contributed by atoms with van der Waals surface area (Å²) < 4.78 is 5.48. The smallest absolute Gasteiger partial charge is 0.322 e. The number of rotatable bonds is 5. The van der Waals surface area contributed by atoms with E-state index in [1.807, 2.05) is 0 Å². The van der Waals surface area contributed by atoms with Crippen molar-refractivity contribution < 1.29 is 39.9 Å². The van der Waals surface area contributed by atoms with Crippen LogP contribution in [-0.2, 0) is 4.79 Å². The van der Waals surface area contributed by atoms with Crippen LogP contribution in [0.1, 0.15) is 16.2 Å². The molecule has 0 bridgehead atoms. The largest absolute Gasteiger partial charge is 0.508 e. The number of phenolic OH excluding ortho intramolecular Hbond substituents is 3. The number of aliphatic carboxylic acids is 1. The van der Waals surface area contributed by atoms with Gasteiger partial charge in [0.05, 0.1) is 0 Å². The molecule has 10 nitrogen and oxygen atoms in total. The van der Waals surface area contributed by atoms with Gasteiger partial charge in [0, 0.05) is 28.6 Å². The van der Waals surface area contributed by atoms with Crippen molar-refractivity contribution in [3.63, 3.8) is 0 Å². The summed E-state index contributed by atoms with van der Waals surface area (Å²) in [5, 5.41) is 50.9. The van der Waals surface area contributed by atoms with Crippen LogP contribution in [0.4, 0.5) is 0 Å². The average Bonchev–Trinajstić information content (AvgIpc) is 2.65. The van der Waals surface area contributed by atoms with E-state index < -0.39 is 35.7 Å². The van der Waals surface area contributed by atoms with Gasteiger partial charge in [-0.1, -0.05) is 0 Å². The molecule has 0 spiro atoms. The third kappa shape index (κ3) is 3.90. The first-order valence-electron chi connectivity index (χ1n) is 8.23. The molecule has 10 heteroatoms. The van der Waals surface area contributed by atoms with Crippen molar-refractivity contribution in [3.05, 3.63) is 41.7 Å². The van der Waals surface area contributed by atoms with Crippen molar-refractivity contribution in [1.29, 1.82) is 0 Å². The van der Waals surface area contributed by atoms with Gasteiger partial charge in [0.1, 0.15) is 18.0 Å². The molecule has 3 rings (SSSR count). The molecular formula is C19H16N2O8. The van der Waals surface area contributed by atoms with Crippen LogP contribution in [0.3, 0.4) is 0 Å². The Labute approximate surface area is 163 Å². The second kappa shape index (κ2) is 7.43. The van der Waals surface area contributed by atoms with Crippen molar-refractivity contribution in [3.8, 4) is 34.5 Å². The van der Waals surface area contributed by atoms with Gasteiger partial charge in [-0.25, -0.2) is 4.98 Å². The number of benzene rings is 2. The van der Waals surface area contributed by atoms with Crippen molar-refractivity contribution in [2.24, 2.45) is 0 Å². The fourth-order valence-electron chi connectivity index (χ4n) is 2.71. The molecule has 0 saturated carbocycles. The minimum Gasteiger partial charge on any atom is -0.508 e. The van der Waals surface area contributed by atoms with E-state index in [0.29, 0.717) is 11.1 Å². The highest BCUT2D eigenvalue weighted by Gasteiger charge is 2.19. The molecule has 150 valence electrons. The van der Waals surface area contributed by atoms with Gasteiger partial charge in [-0.2, -0.15) is 0 Å². The van der Waals surface area contributed by atoms with E-state index in [0.717, 1.165) is 12.1 Å². The first kappa shape index (κ1) is 19.5. The number of nitrogens with zero attached hydrogens (tertiary/aromatic N) is 1. The SMILES string of the molecule is Cc1nc(C(=O)NCC(=O)O)c(O)c2ccc(Oc3c(O)cc(O)cc3O)cc12. The molecule has 0 radical (unpaired) electrons. The Morgan fingerprint density at radius 1 is 1.03 bits per heavy atom. The van der Waals surface area contributed by atoms with Gasteiger partial charge in [0.15, 0.2) is 22.9 Å². The number of carbonyl (C=O) groups is 2. The molecule has 1 heterocycles. The van der Waals surface area contributed by atoms with Crippen LogP contribution in [0, 0.1) is 6.92 Å². The van der Waals surface area contributed by atoms with E-state index in [1.54, 1.807) is 6.92 Å². The second-order valence-corrected chi connectivity index (χ2v) is 6.09. The maximum Gasteiger partial charge on any atom is 0.322 e. The number of carbonyl (C=O) groups excluding carboxylic acids is 1. The number of carboxylic acids is 1. The lowest BCUT2D eigenvalue weighted by molar-refractivity contribution is -0.135. The second-order valence-electron chi connectivity index (χ2n) is 6.09. The molecule has 29 heavy (non-hydrogen) atoms. The van der Waals surface area contributed by atoms with E-state index in [9.17, 15) is 30.0 Å². The number of ether oxygens (including phenoxy) is 1. The summed E-state index contributed by atoms with van der Waals surface area (Å²) in [6.07, 6.45) is 0. The highest BCUT2D eigenvalue weighted by molar-refractivity contribution is 6.03. The monoisotopic (exact) mass is 400 g/mol. The van der Waals surface area contributed by atoms with E-state index in [4.69, 9.17) is 9.84 Å². The summed E-state index contributed by atoms with van der Waals surface area (Å²) in [5.74, 6) is -3.91. The summed E-state index contributed by atoms with van der Waals surface area (Å²) in [7, 11) is 0. The van der Waals surface area contributed by atoms with Gasteiger partial charge >= 0.3 is 5.97 Å². The Balaban J connectivity index is 1.99. The zero-order chi connectivity index (χ0) is 21.3. The zero-order valence-electron chi connectivity index (χ0n) is 15.0. The summed E-state index contributed by atoms with van der Waals surface area (Å²) >= 11 is 0. The molecular weight excluding hydrogens is 384 g/mol. The summed E-state index contributed by atoms with van der Waals surface area (Å²) in [5.41, 5.74) is 0.0293. The molecule has 0 saturated heterocycles. The number of amides is 1. The standard InChI is InChI=1S/C19H16N2O8/c1-8-12-6-10(29-18-13(23)4-9(22)5-14(18)24)2-3-11(12)17(27)16(21-8)19(28)20-7-15(25)26/h2-6,22-24,27H,7H2,1H3,(H,20,28)(H,25,26). The number of hydrogen-bond acceptors (Lipinski definition) is 8. The van der Waals surface area contributed by atoms with Crippen LogP contribution in [0.2, 0.25) is 0 Å². The van der Waals surface area contributed by atoms with Crippen LogP contribution in [0.5, 0.6) is 34.5 Å². The number of fused-ring (bicyclic) bond motifs is 1. The average molecular weight is 400 g/mol. The minimum atomic E-state index is -1.24. The molecule has 0 aliphatic heterocycles. The molecule has 1 aromatic heterocycles. The molecule has 1 amide bonds. The molecule has 0 fully saturated rings. The number of hydrogen-bond donors (Lipinski definition) is 6. The molecule has 0 aliphatic carbocycles. The van der Waals surface area contributed by atoms with Crippen molar-refractivity contribution >= 4 is 22.6 Å². The Kier molecular flexibility index (Phi) is 5.01. The molecule has 0 atom stereocenters. The van der Waals surface area contributed by atoms with Crippen molar-refractivity contribution in [2.45, 2.75) is 6.92 Å². The van der Waals surface area contributed by atoms with Gasteiger partial charge < -0.3 is 35.6 Å². The molecule has 0 unspecified atom stereocenters. The van der Waals surface area contributed by atoms with Gasteiger partial charge in [0.2, 0.25) is 5.75 Å². The number of aromatic hydroxyl groups is 4. The van der Waals surface area contributed by atoms with Crippen LogP contribution < -0.4 is 10.1 Å². The normalized spacial score (nSPS) is 10.7. The van der Waals surface area contributed by atoms with Crippen molar-refractivity contribution in [2.75, 3.05) is 6.54 Å². The molecule has 0 aliphatic rings.